The first-order chi connectivity index (χ1) is 13.0. The maximum Gasteiger partial charge on any atom is 0.387 e. The van der Waals surface area contributed by atoms with Crippen LogP contribution in [0.15, 0.2) is 60.9 Å². The molecule has 0 aliphatic rings. The van der Waals surface area contributed by atoms with Crippen LogP contribution in [0.4, 0.5) is 26.1 Å². The van der Waals surface area contributed by atoms with Crippen LogP contribution in [0.5, 0.6) is 5.75 Å². The number of anilines is 3. The standard InChI is InChI=1S/C18H13ClF2N4O2/c19-14-6-5-13(10-15(14)27-17(20)21)24-16(26)11-3-1-4-12(9-11)25-18-22-7-2-8-23-18/h1-10,17H,(H,24,26)(H,22,23,25). The molecule has 0 spiro atoms. The molecule has 0 atom stereocenters. The predicted octanol–water partition coefficient (Wildman–Crippen LogP) is 4.73. The molecule has 6 nitrogen and oxygen atoms in total. The number of aromatic nitrogens is 2. The van der Waals surface area contributed by atoms with Crippen LogP contribution in [0.2, 0.25) is 5.02 Å². The molecule has 3 aromatic rings. The summed E-state index contributed by atoms with van der Waals surface area (Å²) < 4.78 is 29.1. The largest absolute Gasteiger partial charge is 0.433 e. The Morgan fingerprint density at radius 3 is 2.56 bits per heavy atom. The van der Waals surface area contributed by atoms with Gasteiger partial charge in [-0.2, -0.15) is 8.78 Å². The number of nitrogens with zero attached hydrogens (tertiary/aromatic N) is 2. The van der Waals surface area contributed by atoms with E-state index in [2.05, 4.69) is 25.3 Å². The van der Waals surface area contributed by atoms with Gasteiger partial charge in [-0.15, -0.1) is 0 Å². The highest BCUT2D eigenvalue weighted by Crippen LogP contribution is 2.29. The van der Waals surface area contributed by atoms with Gasteiger partial charge in [0, 0.05) is 35.4 Å². The first-order valence-corrected chi connectivity index (χ1v) is 8.09. The molecule has 138 valence electrons. The van der Waals surface area contributed by atoms with E-state index in [0.717, 1.165) is 0 Å². The summed E-state index contributed by atoms with van der Waals surface area (Å²) in [6.45, 7) is -3.02. The first kappa shape index (κ1) is 18.5. The van der Waals surface area contributed by atoms with Gasteiger partial charge in [0.15, 0.2) is 0 Å². The second-order valence-electron chi connectivity index (χ2n) is 5.26. The Morgan fingerprint density at radius 1 is 1.04 bits per heavy atom. The molecule has 27 heavy (non-hydrogen) atoms. The molecule has 0 aliphatic carbocycles. The Bertz CT molecular complexity index is 942. The van der Waals surface area contributed by atoms with E-state index in [1.165, 1.54) is 18.2 Å². The van der Waals surface area contributed by atoms with E-state index in [0.29, 0.717) is 17.2 Å². The van der Waals surface area contributed by atoms with Gasteiger partial charge in [0.25, 0.3) is 5.91 Å². The zero-order valence-corrected chi connectivity index (χ0v) is 14.5. The molecular formula is C18H13ClF2N4O2. The average molecular weight is 391 g/mol. The lowest BCUT2D eigenvalue weighted by Gasteiger charge is -2.11. The van der Waals surface area contributed by atoms with E-state index in [9.17, 15) is 13.6 Å². The van der Waals surface area contributed by atoms with Crippen molar-refractivity contribution in [3.8, 4) is 5.75 Å². The van der Waals surface area contributed by atoms with Gasteiger partial charge in [-0.3, -0.25) is 4.79 Å². The maximum atomic E-state index is 12.4. The number of hydrogen-bond donors (Lipinski definition) is 2. The normalized spacial score (nSPS) is 10.5. The summed E-state index contributed by atoms with van der Waals surface area (Å²) in [4.78, 5) is 20.5. The summed E-state index contributed by atoms with van der Waals surface area (Å²) in [5, 5.41) is 5.60. The van der Waals surface area contributed by atoms with E-state index in [1.54, 1.807) is 42.7 Å². The number of alkyl halides is 2. The molecule has 3 rings (SSSR count). The Morgan fingerprint density at radius 2 is 1.81 bits per heavy atom. The molecule has 0 unspecified atom stereocenters. The highest BCUT2D eigenvalue weighted by atomic mass is 35.5. The third-order valence-corrected chi connectivity index (χ3v) is 3.66. The van der Waals surface area contributed by atoms with E-state index < -0.39 is 12.5 Å². The Kier molecular flexibility index (Phi) is 5.77. The molecule has 2 aromatic carbocycles. The van der Waals surface area contributed by atoms with Crippen LogP contribution in [0, 0.1) is 0 Å². The highest BCUT2D eigenvalue weighted by Gasteiger charge is 2.12. The summed E-state index contributed by atoms with van der Waals surface area (Å²) in [7, 11) is 0. The van der Waals surface area contributed by atoms with Crippen molar-refractivity contribution in [3.05, 3.63) is 71.5 Å². The fourth-order valence-corrected chi connectivity index (χ4v) is 2.36. The number of benzene rings is 2. The summed E-state index contributed by atoms with van der Waals surface area (Å²) in [6, 6.07) is 12.4. The number of nitrogens with one attached hydrogen (secondary N) is 2. The number of carbonyl (C=O) groups excluding carboxylic acids is 1. The number of amides is 1. The number of rotatable bonds is 6. The van der Waals surface area contributed by atoms with Crippen LogP contribution in [0.25, 0.3) is 0 Å². The minimum absolute atomic E-state index is 0.0161. The van der Waals surface area contributed by atoms with E-state index in [4.69, 9.17) is 11.6 Å². The molecule has 0 radical (unpaired) electrons. The van der Waals surface area contributed by atoms with Crippen LogP contribution in [0.3, 0.4) is 0 Å². The zero-order chi connectivity index (χ0) is 19.2. The average Bonchev–Trinajstić information content (AvgIpc) is 2.65. The van der Waals surface area contributed by atoms with Gasteiger partial charge in [-0.25, -0.2) is 9.97 Å². The minimum atomic E-state index is -3.02. The minimum Gasteiger partial charge on any atom is -0.433 e. The van der Waals surface area contributed by atoms with Gasteiger partial charge in [-0.05, 0) is 36.4 Å². The summed E-state index contributed by atoms with van der Waals surface area (Å²) in [6.07, 6.45) is 3.18. The fraction of sp³-hybridized carbons (Fsp3) is 0.0556. The van der Waals surface area contributed by atoms with Crippen LogP contribution >= 0.6 is 11.6 Å². The van der Waals surface area contributed by atoms with Crippen LogP contribution in [-0.4, -0.2) is 22.5 Å². The van der Waals surface area contributed by atoms with Crippen LogP contribution in [0.1, 0.15) is 10.4 Å². The van der Waals surface area contributed by atoms with Crippen molar-refractivity contribution in [1.82, 2.24) is 9.97 Å². The lowest BCUT2D eigenvalue weighted by atomic mass is 10.2. The highest BCUT2D eigenvalue weighted by molar-refractivity contribution is 6.32. The van der Waals surface area contributed by atoms with Gasteiger partial charge in [-0.1, -0.05) is 17.7 Å². The Balaban J connectivity index is 1.74. The van der Waals surface area contributed by atoms with Gasteiger partial charge >= 0.3 is 6.61 Å². The van der Waals surface area contributed by atoms with Crippen molar-refractivity contribution in [3.63, 3.8) is 0 Å². The molecular weight excluding hydrogens is 378 g/mol. The second-order valence-corrected chi connectivity index (χ2v) is 5.66. The molecule has 2 N–H and O–H groups in total. The summed E-state index contributed by atoms with van der Waals surface area (Å²) >= 11 is 5.80. The van der Waals surface area contributed by atoms with Gasteiger partial charge in [0.05, 0.1) is 5.02 Å². The number of hydrogen-bond acceptors (Lipinski definition) is 5. The predicted molar refractivity (Wildman–Crippen MR) is 97.8 cm³/mol. The zero-order valence-electron chi connectivity index (χ0n) is 13.7. The van der Waals surface area contributed by atoms with Crippen LogP contribution in [-0.2, 0) is 0 Å². The molecule has 0 aliphatic heterocycles. The topological polar surface area (TPSA) is 76.1 Å². The van der Waals surface area contributed by atoms with E-state index >= 15 is 0 Å². The summed E-state index contributed by atoms with van der Waals surface area (Å²) in [5.74, 6) is -0.263. The SMILES string of the molecule is O=C(Nc1ccc(Cl)c(OC(F)F)c1)c1cccc(Nc2ncccn2)c1. The number of carbonyl (C=O) groups is 1. The monoisotopic (exact) mass is 390 g/mol. The molecule has 0 bridgehead atoms. The second kappa shape index (κ2) is 8.41. The molecule has 1 aromatic heterocycles. The number of ether oxygens (including phenoxy) is 1. The van der Waals surface area contributed by atoms with E-state index in [-0.39, 0.29) is 16.5 Å². The molecule has 1 amide bonds. The molecule has 0 fully saturated rings. The Labute approximate surface area is 158 Å². The number of halogens is 3. The first-order valence-electron chi connectivity index (χ1n) is 7.71. The maximum absolute atomic E-state index is 12.4. The van der Waals surface area contributed by atoms with Gasteiger partial charge in [0.1, 0.15) is 5.75 Å². The Hall–Kier alpha value is -3.26. The van der Waals surface area contributed by atoms with Crippen molar-refractivity contribution in [2.75, 3.05) is 10.6 Å². The van der Waals surface area contributed by atoms with Crippen molar-refractivity contribution in [2.45, 2.75) is 6.61 Å². The fourth-order valence-electron chi connectivity index (χ4n) is 2.20. The third kappa shape index (κ3) is 5.11. The third-order valence-electron chi connectivity index (χ3n) is 3.35. The lowest BCUT2D eigenvalue weighted by Crippen LogP contribution is -2.12. The van der Waals surface area contributed by atoms with E-state index in [1.807, 2.05) is 0 Å². The van der Waals surface area contributed by atoms with Crippen molar-refractivity contribution in [2.24, 2.45) is 0 Å². The molecule has 0 saturated carbocycles. The molecule has 1 heterocycles. The lowest BCUT2D eigenvalue weighted by molar-refractivity contribution is -0.0497. The van der Waals surface area contributed by atoms with Crippen molar-refractivity contribution < 1.29 is 18.3 Å². The van der Waals surface area contributed by atoms with Crippen LogP contribution < -0.4 is 15.4 Å². The summed E-state index contributed by atoms with van der Waals surface area (Å²) in [5.41, 5.74) is 1.23. The smallest absolute Gasteiger partial charge is 0.387 e. The van der Waals surface area contributed by atoms with Crippen molar-refractivity contribution >= 4 is 34.8 Å². The van der Waals surface area contributed by atoms with Gasteiger partial charge in [0.2, 0.25) is 5.95 Å². The molecule has 9 heteroatoms. The molecule has 0 saturated heterocycles. The quantitative estimate of drug-likeness (QED) is 0.636. The van der Waals surface area contributed by atoms with Crippen molar-refractivity contribution in [1.29, 1.82) is 0 Å². The van der Waals surface area contributed by atoms with Gasteiger partial charge < -0.3 is 15.4 Å².